The van der Waals surface area contributed by atoms with Crippen LogP contribution in [0, 0.1) is 0 Å². The average molecular weight is 349 g/mol. The maximum atomic E-state index is 5.48. The number of halogens is 1. The normalized spacial score (nSPS) is 10.5. The summed E-state index contributed by atoms with van der Waals surface area (Å²) in [5.74, 6) is 0. The monoisotopic (exact) mass is 348 g/mol. The highest BCUT2D eigenvalue weighted by atomic mass is 79.9. The van der Waals surface area contributed by atoms with Gasteiger partial charge >= 0.3 is 0 Å². The van der Waals surface area contributed by atoms with Gasteiger partial charge in [-0.15, -0.1) is 17.0 Å². The van der Waals surface area contributed by atoms with Crippen molar-refractivity contribution in [1.82, 2.24) is 0 Å². The second kappa shape index (κ2) is 13.1. The standard InChI is InChI=1S/C15H25O2P.BrH/c1-3-16-10-12-18(13-11-17-4-2)14-15-8-6-5-7-9-15;/h5-9H,3-4,10-14H2,1-2H3;1H. The summed E-state index contributed by atoms with van der Waals surface area (Å²) in [6.45, 7) is 7.53. The molecule has 0 N–H and O–H groups in total. The molecule has 0 saturated carbocycles. The summed E-state index contributed by atoms with van der Waals surface area (Å²) in [5.41, 5.74) is 1.44. The Morgan fingerprint density at radius 3 is 1.89 bits per heavy atom. The summed E-state index contributed by atoms with van der Waals surface area (Å²) in [7, 11) is -0.0102. The highest BCUT2D eigenvalue weighted by Crippen LogP contribution is 2.38. The SMILES string of the molecule is Br.CCOCCP(CCOCC)Cc1ccccc1. The molecule has 2 nitrogen and oxygen atoms in total. The molecular formula is C15H26BrO2P. The Kier molecular flexibility index (Phi) is 13.1. The Labute approximate surface area is 129 Å². The Balaban J connectivity index is 0.00000324. The van der Waals surface area contributed by atoms with Crippen LogP contribution in [0.25, 0.3) is 0 Å². The zero-order valence-electron chi connectivity index (χ0n) is 12.0. The zero-order chi connectivity index (χ0) is 13.1. The molecule has 0 unspecified atom stereocenters. The first-order chi connectivity index (χ1) is 8.86. The third kappa shape index (κ3) is 9.56. The summed E-state index contributed by atoms with van der Waals surface area (Å²) >= 11 is 0. The van der Waals surface area contributed by atoms with Crippen LogP contribution < -0.4 is 0 Å². The lowest BCUT2D eigenvalue weighted by molar-refractivity contribution is 0.160. The first kappa shape index (κ1) is 19.1. The van der Waals surface area contributed by atoms with Crippen LogP contribution in [0.3, 0.4) is 0 Å². The van der Waals surface area contributed by atoms with E-state index in [-0.39, 0.29) is 24.9 Å². The van der Waals surface area contributed by atoms with Gasteiger partial charge in [-0.2, -0.15) is 0 Å². The summed E-state index contributed by atoms with van der Waals surface area (Å²) < 4.78 is 11.0. The van der Waals surface area contributed by atoms with E-state index in [1.807, 2.05) is 0 Å². The maximum Gasteiger partial charge on any atom is 0.0505 e. The minimum atomic E-state index is -0.0102. The predicted octanol–water partition coefficient (Wildman–Crippen LogP) is 4.32. The molecule has 0 atom stereocenters. The van der Waals surface area contributed by atoms with E-state index in [1.165, 1.54) is 24.0 Å². The van der Waals surface area contributed by atoms with Crippen LogP contribution in [0.2, 0.25) is 0 Å². The number of hydrogen-bond acceptors (Lipinski definition) is 2. The van der Waals surface area contributed by atoms with Crippen LogP contribution in [0.4, 0.5) is 0 Å². The van der Waals surface area contributed by atoms with Crippen molar-refractivity contribution in [2.45, 2.75) is 20.0 Å². The van der Waals surface area contributed by atoms with Gasteiger partial charge < -0.3 is 9.47 Å². The van der Waals surface area contributed by atoms with Crippen molar-refractivity contribution in [1.29, 1.82) is 0 Å². The first-order valence-electron chi connectivity index (χ1n) is 6.78. The van der Waals surface area contributed by atoms with Crippen LogP contribution >= 0.6 is 24.9 Å². The van der Waals surface area contributed by atoms with Crippen molar-refractivity contribution in [3.8, 4) is 0 Å². The van der Waals surface area contributed by atoms with Crippen molar-refractivity contribution in [2.75, 3.05) is 38.8 Å². The summed E-state index contributed by atoms with van der Waals surface area (Å²) in [4.78, 5) is 0. The smallest absolute Gasteiger partial charge is 0.0505 e. The Morgan fingerprint density at radius 1 is 0.895 bits per heavy atom. The molecule has 0 bridgehead atoms. The lowest BCUT2D eigenvalue weighted by atomic mass is 10.2. The van der Waals surface area contributed by atoms with Gasteiger partial charge in [-0.25, -0.2) is 0 Å². The molecule has 0 amide bonds. The zero-order valence-corrected chi connectivity index (χ0v) is 14.6. The molecule has 0 aliphatic heterocycles. The fourth-order valence-corrected chi connectivity index (χ4v) is 3.83. The van der Waals surface area contributed by atoms with Gasteiger partial charge in [0, 0.05) is 13.2 Å². The van der Waals surface area contributed by atoms with Gasteiger partial charge in [0.05, 0.1) is 13.2 Å². The van der Waals surface area contributed by atoms with Gasteiger partial charge in [0.1, 0.15) is 0 Å². The van der Waals surface area contributed by atoms with Gasteiger partial charge in [-0.3, -0.25) is 0 Å². The third-order valence-electron chi connectivity index (χ3n) is 2.76. The van der Waals surface area contributed by atoms with Gasteiger partial charge in [-0.05, 0) is 37.9 Å². The molecular weight excluding hydrogens is 323 g/mol. The van der Waals surface area contributed by atoms with Gasteiger partial charge in [0.15, 0.2) is 0 Å². The minimum absolute atomic E-state index is 0. The van der Waals surface area contributed by atoms with E-state index in [0.29, 0.717) is 0 Å². The van der Waals surface area contributed by atoms with E-state index >= 15 is 0 Å². The number of hydrogen-bond donors (Lipinski definition) is 0. The van der Waals surface area contributed by atoms with Gasteiger partial charge in [0.2, 0.25) is 0 Å². The average Bonchev–Trinajstić information content (AvgIpc) is 2.40. The summed E-state index contributed by atoms with van der Waals surface area (Å²) in [6, 6.07) is 10.8. The lowest BCUT2D eigenvalue weighted by Gasteiger charge is -2.17. The first-order valence-corrected chi connectivity index (χ1v) is 8.68. The van der Waals surface area contributed by atoms with Crippen LogP contribution in [-0.4, -0.2) is 38.8 Å². The Bertz CT molecular complexity index is 285. The molecule has 0 heterocycles. The topological polar surface area (TPSA) is 18.5 Å². The van der Waals surface area contributed by atoms with Crippen molar-refractivity contribution in [3.63, 3.8) is 0 Å². The highest BCUT2D eigenvalue weighted by molar-refractivity contribution is 8.93. The van der Waals surface area contributed by atoms with E-state index in [2.05, 4.69) is 44.2 Å². The molecule has 1 rings (SSSR count). The third-order valence-corrected chi connectivity index (χ3v) is 5.20. The molecule has 0 radical (unpaired) electrons. The molecule has 0 aromatic heterocycles. The summed E-state index contributed by atoms with van der Waals surface area (Å²) in [5, 5.41) is 0. The molecule has 0 spiro atoms. The van der Waals surface area contributed by atoms with E-state index in [9.17, 15) is 0 Å². The molecule has 0 aliphatic carbocycles. The van der Waals surface area contributed by atoms with Gasteiger partial charge in [0.25, 0.3) is 0 Å². The van der Waals surface area contributed by atoms with Crippen LogP contribution in [0.15, 0.2) is 30.3 Å². The van der Waals surface area contributed by atoms with Crippen LogP contribution in [0.5, 0.6) is 0 Å². The van der Waals surface area contributed by atoms with E-state index < -0.39 is 0 Å². The quantitative estimate of drug-likeness (QED) is 0.463. The number of ether oxygens (including phenoxy) is 2. The van der Waals surface area contributed by atoms with Crippen molar-refractivity contribution >= 4 is 24.9 Å². The fourth-order valence-electron chi connectivity index (χ4n) is 1.79. The second-order valence-corrected chi connectivity index (χ2v) is 6.71. The number of rotatable bonds is 10. The maximum absolute atomic E-state index is 5.48. The predicted molar refractivity (Wildman–Crippen MR) is 90.1 cm³/mol. The molecule has 0 aliphatic rings. The number of benzene rings is 1. The van der Waals surface area contributed by atoms with Crippen molar-refractivity contribution < 1.29 is 9.47 Å². The van der Waals surface area contributed by atoms with E-state index in [0.717, 1.165) is 26.4 Å². The molecule has 19 heavy (non-hydrogen) atoms. The van der Waals surface area contributed by atoms with Crippen molar-refractivity contribution in [2.24, 2.45) is 0 Å². The van der Waals surface area contributed by atoms with Crippen LogP contribution in [-0.2, 0) is 15.6 Å². The lowest BCUT2D eigenvalue weighted by Crippen LogP contribution is -2.06. The molecule has 110 valence electrons. The minimum Gasteiger partial charge on any atom is -0.381 e. The Morgan fingerprint density at radius 2 is 1.42 bits per heavy atom. The van der Waals surface area contributed by atoms with E-state index in [1.54, 1.807) is 0 Å². The molecule has 0 saturated heterocycles. The second-order valence-electron chi connectivity index (χ2n) is 4.16. The fraction of sp³-hybridized carbons (Fsp3) is 0.600. The largest absolute Gasteiger partial charge is 0.381 e. The highest BCUT2D eigenvalue weighted by Gasteiger charge is 2.08. The molecule has 0 fully saturated rings. The molecule has 1 aromatic rings. The summed E-state index contributed by atoms with van der Waals surface area (Å²) in [6.07, 6.45) is 3.56. The van der Waals surface area contributed by atoms with Gasteiger partial charge in [-0.1, -0.05) is 38.3 Å². The van der Waals surface area contributed by atoms with Crippen molar-refractivity contribution in [3.05, 3.63) is 35.9 Å². The molecule has 4 heteroatoms. The molecule has 1 aromatic carbocycles. The van der Waals surface area contributed by atoms with E-state index in [4.69, 9.17) is 9.47 Å². The Hall–Kier alpha value is 0.0500. The van der Waals surface area contributed by atoms with Crippen LogP contribution in [0.1, 0.15) is 19.4 Å².